The third-order valence-corrected chi connectivity index (χ3v) is 5.65. The van der Waals surface area contributed by atoms with Crippen LogP contribution < -0.4 is 10.6 Å². The van der Waals surface area contributed by atoms with Gasteiger partial charge in [0.25, 0.3) is 5.91 Å². The summed E-state index contributed by atoms with van der Waals surface area (Å²) in [6.45, 7) is 10.7. The van der Waals surface area contributed by atoms with Crippen LogP contribution in [-0.2, 0) is 38.1 Å². The maximum atomic E-state index is 13.1. The molecule has 1 aromatic carbocycles. The fraction of sp³-hybridized carbons (Fsp3) is 0.621. The minimum absolute atomic E-state index is 0.0382. The van der Waals surface area contributed by atoms with E-state index in [4.69, 9.17) is 18.9 Å². The summed E-state index contributed by atoms with van der Waals surface area (Å²) in [4.78, 5) is 58.8. The summed E-state index contributed by atoms with van der Waals surface area (Å²) in [5, 5.41) is 5.62. The highest BCUT2D eigenvalue weighted by molar-refractivity contribution is 6.04. The lowest BCUT2D eigenvalue weighted by Gasteiger charge is -2.26. The van der Waals surface area contributed by atoms with Crippen molar-refractivity contribution in [1.29, 1.82) is 0 Å². The number of carbonyl (C=O) groups is 5. The minimum Gasteiger partial charge on any atom is -0.382 e. The van der Waals surface area contributed by atoms with Gasteiger partial charge in [-0.2, -0.15) is 0 Å². The first-order valence-corrected chi connectivity index (χ1v) is 13.6. The molecule has 0 aromatic heterocycles. The normalized spacial score (nSPS) is 11.5. The standard InChI is InChI=1S/C24H35N3O8.C5H12O/c1-19-20(24(32)27(18-30)22(8-4-10-28)23(31)25-2)6-3-7-21(19)26-9-13-34-15-17-35-16-14-33-12-5-11-29;1-5(2,3)6-4/h3,6-7,10-11,18,22,26H,4-5,8-9,12-17H2,1-2H3,(H,25,31);1-4H3. The van der Waals surface area contributed by atoms with Crippen LogP contribution in [0, 0.1) is 6.92 Å². The number of carbonyl (C=O) groups excluding carboxylic acids is 5. The molecule has 1 unspecified atom stereocenters. The summed E-state index contributed by atoms with van der Waals surface area (Å²) >= 11 is 0. The van der Waals surface area contributed by atoms with Crippen LogP contribution in [0.4, 0.5) is 5.69 Å². The van der Waals surface area contributed by atoms with Gasteiger partial charge < -0.3 is 39.2 Å². The van der Waals surface area contributed by atoms with E-state index >= 15 is 0 Å². The van der Waals surface area contributed by atoms with Gasteiger partial charge in [0.1, 0.15) is 18.6 Å². The smallest absolute Gasteiger partial charge is 0.261 e. The average Bonchev–Trinajstić information content (AvgIpc) is 2.95. The molecule has 12 nitrogen and oxygen atoms in total. The largest absolute Gasteiger partial charge is 0.382 e. The quantitative estimate of drug-likeness (QED) is 0.173. The van der Waals surface area contributed by atoms with Gasteiger partial charge in [-0.15, -0.1) is 0 Å². The van der Waals surface area contributed by atoms with Crippen LogP contribution >= 0.6 is 0 Å². The number of rotatable bonds is 20. The maximum absolute atomic E-state index is 13.1. The molecule has 0 radical (unpaired) electrons. The van der Waals surface area contributed by atoms with Gasteiger partial charge in [0.05, 0.1) is 45.2 Å². The molecule has 12 heteroatoms. The van der Waals surface area contributed by atoms with Gasteiger partial charge in [-0.25, -0.2) is 0 Å². The molecule has 1 aromatic rings. The van der Waals surface area contributed by atoms with Crippen LogP contribution in [0.1, 0.15) is 56.0 Å². The first-order valence-electron chi connectivity index (χ1n) is 13.6. The second kappa shape index (κ2) is 22.5. The molecule has 0 heterocycles. The van der Waals surface area contributed by atoms with Crippen LogP contribution in [0.3, 0.4) is 0 Å². The van der Waals surface area contributed by atoms with E-state index in [1.54, 1.807) is 32.2 Å². The van der Waals surface area contributed by atoms with Crippen molar-refractivity contribution in [3.63, 3.8) is 0 Å². The fourth-order valence-corrected chi connectivity index (χ4v) is 3.18. The lowest BCUT2D eigenvalue weighted by molar-refractivity contribution is -0.131. The molecule has 0 spiro atoms. The number of benzene rings is 1. The average molecular weight is 582 g/mol. The molecule has 1 rings (SSSR count). The molecule has 41 heavy (non-hydrogen) atoms. The summed E-state index contributed by atoms with van der Waals surface area (Å²) in [5.41, 5.74) is 1.62. The Morgan fingerprint density at radius 1 is 0.927 bits per heavy atom. The van der Waals surface area contributed by atoms with E-state index in [0.29, 0.717) is 76.6 Å². The Bertz CT molecular complexity index is 919. The Labute approximate surface area is 243 Å². The van der Waals surface area contributed by atoms with E-state index in [1.807, 2.05) is 20.8 Å². The van der Waals surface area contributed by atoms with E-state index in [-0.39, 0.29) is 24.0 Å². The van der Waals surface area contributed by atoms with E-state index < -0.39 is 17.9 Å². The fourth-order valence-electron chi connectivity index (χ4n) is 3.18. The molecule has 0 bridgehead atoms. The summed E-state index contributed by atoms with van der Waals surface area (Å²) in [6.07, 6.45) is 2.22. The van der Waals surface area contributed by atoms with Crippen molar-refractivity contribution in [3.05, 3.63) is 29.3 Å². The molecule has 0 aliphatic carbocycles. The number of hydrogen-bond acceptors (Lipinski definition) is 10. The third kappa shape index (κ3) is 16.6. The van der Waals surface area contributed by atoms with E-state index in [0.717, 1.165) is 11.2 Å². The summed E-state index contributed by atoms with van der Waals surface area (Å²) < 4.78 is 21.0. The molecule has 1 atom stereocenters. The van der Waals surface area contributed by atoms with E-state index in [1.165, 1.54) is 7.05 Å². The predicted octanol–water partition coefficient (Wildman–Crippen LogP) is 2.17. The maximum Gasteiger partial charge on any atom is 0.261 e. The highest BCUT2D eigenvalue weighted by Gasteiger charge is 2.30. The van der Waals surface area contributed by atoms with Crippen molar-refractivity contribution in [2.75, 3.05) is 65.7 Å². The highest BCUT2D eigenvalue weighted by Crippen LogP contribution is 2.21. The van der Waals surface area contributed by atoms with Gasteiger partial charge in [0, 0.05) is 44.8 Å². The lowest BCUT2D eigenvalue weighted by atomic mass is 10.0. The molecule has 0 aliphatic heterocycles. The molecule has 0 saturated heterocycles. The van der Waals surface area contributed by atoms with Crippen molar-refractivity contribution in [1.82, 2.24) is 10.2 Å². The molecule has 2 N–H and O–H groups in total. The van der Waals surface area contributed by atoms with Crippen molar-refractivity contribution in [2.24, 2.45) is 0 Å². The lowest BCUT2D eigenvalue weighted by Crippen LogP contribution is -2.48. The first-order chi connectivity index (χ1) is 19.6. The van der Waals surface area contributed by atoms with Crippen LogP contribution in [0.2, 0.25) is 0 Å². The summed E-state index contributed by atoms with van der Waals surface area (Å²) in [7, 11) is 3.11. The Balaban J connectivity index is 0.00000239. The zero-order chi connectivity index (χ0) is 31.1. The highest BCUT2D eigenvalue weighted by atomic mass is 16.5. The number of ether oxygens (including phenoxy) is 4. The third-order valence-electron chi connectivity index (χ3n) is 5.65. The van der Waals surface area contributed by atoms with Crippen molar-refractivity contribution in [2.45, 2.75) is 58.6 Å². The predicted molar refractivity (Wildman–Crippen MR) is 155 cm³/mol. The topological polar surface area (TPSA) is 150 Å². The Morgan fingerprint density at radius 2 is 1.49 bits per heavy atom. The van der Waals surface area contributed by atoms with E-state index in [2.05, 4.69) is 10.6 Å². The molecular formula is C29H47N3O9. The number of imide groups is 1. The van der Waals surface area contributed by atoms with Gasteiger partial charge in [-0.3, -0.25) is 19.3 Å². The number of nitrogens with zero attached hydrogens (tertiary/aromatic N) is 1. The van der Waals surface area contributed by atoms with Crippen molar-refractivity contribution in [3.8, 4) is 0 Å². The molecule has 0 saturated carbocycles. The second-order valence-corrected chi connectivity index (χ2v) is 9.71. The van der Waals surface area contributed by atoms with Gasteiger partial charge in [-0.1, -0.05) is 6.07 Å². The number of hydrogen-bond donors (Lipinski definition) is 2. The molecule has 3 amide bonds. The summed E-state index contributed by atoms with van der Waals surface area (Å²) in [5.74, 6) is -1.14. The number of anilines is 1. The van der Waals surface area contributed by atoms with Crippen molar-refractivity contribution >= 4 is 36.5 Å². The number of amides is 3. The van der Waals surface area contributed by atoms with Gasteiger partial charge in [0.2, 0.25) is 12.3 Å². The summed E-state index contributed by atoms with van der Waals surface area (Å²) in [6, 6.07) is 3.98. The Kier molecular flexibility index (Phi) is 20.7. The van der Waals surface area contributed by atoms with Gasteiger partial charge in [0.15, 0.2) is 0 Å². The zero-order valence-electron chi connectivity index (χ0n) is 25.2. The SMILES string of the molecule is CNC(=O)C(CCC=O)N(C=O)C(=O)c1cccc(NCCOCCOCCOCCC=O)c1C.COC(C)(C)C. The molecular weight excluding hydrogens is 534 g/mol. The monoisotopic (exact) mass is 581 g/mol. The second-order valence-electron chi connectivity index (χ2n) is 9.71. The van der Waals surface area contributed by atoms with Crippen LogP contribution in [-0.4, -0.2) is 108 Å². The zero-order valence-corrected chi connectivity index (χ0v) is 25.2. The molecule has 0 aliphatic rings. The molecule has 0 fully saturated rings. The van der Waals surface area contributed by atoms with Crippen LogP contribution in [0.25, 0.3) is 0 Å². The van der Waals surface area contributed by atoms with Gasteiger partial charge >= 0.3 is 0 Å². The van der Waals surface area contributed by atoms with E-state index in [9.17, 15) is 24.0 Å². The first kappa shape index (κ1) is 37.8. The van der Waals surface area contributed by atoms with Gasteiger partial charge in [-0.05, 0) is 51.8 Å². The Hall–Kier alpha value is -3.19. The van der Waals surface area contributed by atoms with Crippen LogP contribution in [0.5, 0.6) is 0 Å². The number of likely N-dealkylation sites (N-methyl/N-ethyl adjacent to an activating group) is 1. The van der Waals surface area contributed by atoms with Crippen LogP contribution in [0.15, 0.2) is 18.2 Å². The van der Waals surface area contributed by atoms with Crippen molar-refractivity contribution < 1.29 is 42.9 Å². The number of methoxy groups -OCH3 is 1. The Morgan fingerprint density at radius 3 is 2.00 bits per heavy atom. The minimum atomic E-state index is -1.08. The number of aldehydes is 2. The molecule has 232 valence electrons. The number of nitrogens with one attached hydrogen (secondary N) is 2.